The van der Waals surface area contributed by atoms with Crippen LogP contribution >= 0.6 is 23.7 Å². The highest BCUT2D eigenvalue weighted by molar-refractivity contribution is 7.11. The van der Waals surface area contributed by atoms with Gasteiger partial charge < -0.3 is 10.6 Å². The highest BCUT2D eigenvalue weighted by Gasteiger charge is 2.18. The van der Waals surface area contributed by atoms with E-state index in [1.807, 2.05) is 11.3 Å². The maximum Gasteiger partial charge on any atom is 0.221 e. The Bertz CT molecular complexity index is 402. The van der Waals surface area contributed by atoms with Crippen LogP contribution in [0, 0.1) is 6.92 Å². The minimum Gasteiger partial charge on any atom is -0.353 e. The summed E-state index contributed by atoms with van der Waals surface area (Å²) in [5, 5.41) is 6.45. The number of thiophene rings is 1. The molecular formula is C14H23ClN2OS. The summed E-state index contributed by atoms with van der Waals surface area (Å²) < 4.78 is 0. The van der Waals surface area contributed by atoms with Crippen molar-refractivity contribution >= 4 is 29.7 Å². The van der Waals surface area contributed by atoms with E-state index in [1.54, 1.807) is 0 Å². The van der Waals surface area contributed by atoms with Crippen molar-refractivity contribution in [1.82, 2.24) is 10.6 Å². The predicted octanol–water partition coefficient (Wildman–Crippen LogP) is 2.67. The molecule has 2 heterocycles. The van der Waals surface area contributed by atoms with Gasteiger partial charge in [0, 0.05) is 34.7 Å². The molecule has 0 aliphatic carbocycles. The second-order valence-corrected chi connectivity index (χ2v) is 6.55. The average molecular weight is 303 g/mol. The minimum atomic E-state index is 0. The Kier molecular flexibility index (Phi) is 6.83. The Morgan fingerprint density at radius 2 is 2.37 bits per heavy atom. The van der Waals surface area contributed by atoms with Gasteiger partial charge in [-0.3, -0.25) is 4.79 Å². The van der Waals surface area contributed by atoms with Crippen LogP contribution in [0.2, 0.25) is 0 Å². The molecule has 0 bridgehead atoms. The summed E-state index contributed by atoms with van der Waals surface area (Å²) in [4.78, 5) is 14.5. The number of aryl methyl sites for hydroxylation is 1. The van der Waals surface area contributed by atoms with Crippen molar-refractivity contribution in [3.05, 3.63) is 21.9 Å². The van der Waals surface area contributed by atoms with Crippen molar-refractivity contribution in [1.29, 1.82) is 0 Å². The molecule has 1 aromatic heterocycles. The van der Waals surface area contributed by atoms with Gasteiger partial charge in [0.05, 0.1) is 0 Å². The molecule has 0 saturated carbocycles. The van der Waals surface area contributed by atoms with Gasteiger partial charge in [-0.05, 0) is 45.4 Å². The molecule has 0 aromatic carbocycles. The molecule has 0 spiro atoms. The van der Waals surface area contributed by atoms with Crippen LogP contribution in [0.3, 0.4) is 0 Å². The first kappa shape index (κ1) is 16.5. The van der Waals surface area contributed by atoms with E-state index in [2.05, 4.69) is 36.6 Å². The molecule has 1 amide bonds. The fourth-order valence-electron chi connectivity index (χ4n) is 2.44. The maximum atomic E-state index is 11.9. The van der Waals surface area contributed by atoms with Crippen molar-refractivity contribution in [2.24, 2.45) is 0 Å². The highest BCUT2D eigenvalue weighted by Crippen LogP contribution is 2.16. The van der Waals surface area contributed by atoms with E-state index in [0.717, 1.165) is 19.4 Å². The first-order chi connectivity index (χ1) is 8.63. The van der Waals surface area contributed by atoms with Crippen molar-refractivity contribution in [2.45, 2.75) is 51.6 Å². The average Bonchev–Trinajstić information content (AvgIpc) is 2.90. The van der Waals surface area contributed by atoms with Gasteiger partial charge in [0.15, 0.2) is 0 Å². The zero-order valence-corrected chi connectivity index (χ0v) is 13.2. The summed E-state index contributed by atoms with van der Waals surface area (Å²) in [5.41, 5.74) is 0. The molecule has 1 aliphatic rings. The molecule has 2 atom stereocenters. The van der Waals surface area contributed by atoms with Gasteiger partial charge in [-0.25, -0.2) is 0 Å². The molecule has 1 aromatic rings. The number of amides is 1. The van der Waals surface area contributed by atoms with Crippen LogP contribution < -0.4 is 10.6 Å². The largest absolute Gasteiger partial charge is 0.353 e. The van der Waals surface area contributed by atoms with Crippen molar-refractivity contribution in [3.8, 4) is 0 Å². The second-order valence-electron chi connectivity index (χ2n) is 5.18. The number of hydrogen-bond donors (Lipinski definition) is 2. The number of hydrogen-bond acceptors (Lipinski definition) is 3. The van der Waals surface area contributed by atoms with E-state index >= 15 is 0 Å². The standard InChI is InChI=1S/C14H22N2OS.ClH/c1-10(8-13-6-5-11(2)18-13)16-14(17)9-12-4-3-7-15-12;/h5-6,10,12,15H,3-4,7-9H2,1-2H3,(H,16,17);1H. The summed E-state index contributed by atoms with van der Waals surface area (Å²) in [5.74, 6) is 0.176. The number of carbonyl (C=O) groups excluding carboxylic acids is 1. The Labute approximate surface area is 125 Å². The summed E-state index contributed by atoms with van der Waals surface area (Å²) in [6, 6.07) is 4.90. The van der Waals surface area contributed by atoms with Crippen LogP contribution in [-0.4, -0.2) is 24.5 Å². The lowest BCUT2D eigenvalue weighted by Gasteiger charge is -2.15. The van der Waals surface area contributed by atoms with E-state index in [1.165, 1.54) is 16.2 Å². The third-order valence-corrected chi connectivity index (χ3v) is 4.33. The molecule has 1 saturated heterocycles. The third-order valence-electron chi connectivity index (χ3n) is 3.30. The van der Waals surface area contributed by atoms with E-state index < -0.39 is 0 Å². The van der Waals surface area contributed by atoms with Gasteiger partial charge in [-0.15, -0.1) is 23.7 Å². The molecule has 0 radical (unpaired) electrons. The molecule has 2 unspecified atom stereocenters. The smallest absolute Gasteiger partial charge is 0.221 e. The quantitative estimate of drug-likeness (QED) is 0.878. The summed E-state index contributed by atoms with van der Waals surface area (Å²) in [6.45, 7) is 5.25. The topological polar surface area (TPSA) is 41.1 Å². The van der Waals surface area contributed by atoms with Crippen molar-refractivity contribution in [2.75, 3.05) is 6.54 Å². The fraction of sp³-hybridized carbons (Fsp3) is 0.643. The summed E-state index contributed by atoms with van der Waals surface area (Å²) in [7, 11) is 0. The van der Waals surface area contributed by atoms with Gasteiger partial charge in [0.1, 0.15) is 0 Å². The Hall–Kier alpha value is -0.580. The SMILES string of the molecule is Cc1ccc(CC(C)NC(=O)CC2CCCN2)s1.Cl. The maximum absolute atomic E-state index is 11.9. The predicted molar refractivity (Wildman–Crippen MR) is 83.3 cm³/mol. The first-order valence-corrected chi connectivity index (χ1v) is 7.53. The van der Waals surface area contributed by atoms with Crippen LogP contribution in [0.15, 0.2) is 12.1 Å². The number of halogens is 1. The summed E-state index contributed by atoms with van der Waals surface area (Å²) >= 11 is 1.81. The molecule has 3 nitrogen and oxygen atoms in total. The van der Waals surface area contributed by atoms with Gasteiger partial charge in [-0.2, -0.15) is 0 Å². The molecule has 19 heavy (non-hydrogen) atoms. The molecular weight excluding hydrogens is 280 g/mol. The molecule has 1 aliphatic heterocycles. The normalized spacial score (nSPS) is 19.8. The Balaban J connectivity index is 0.00000180. The summed E-state index contributed by atoms with van der Waals surface area (Å²) in [6.07, 6.45) is 3.88. The highest BCUT2D eigenvalue weighted by atomic mass is 35.5. The van der Waals surface area contributed by atoms with Gasteiger partial charge in [0.2, 0.25) is 5.91 Å². The number of carbonyl (C=O) groups is 1. The Morgan fingerprint density at radius 3 is 2.95 bits per heavy atom. The molecule has 5 heteroatoms. The van der Waals surface area contributed by atoms with Crippen LogP contribution in [0.1, 0.15) is 35.9 Å². The van der Waals surface area contributed by atoms with Crippen LogP contribution in [0.4, 0.5) is 0 Å². The van der Waals surface area contributed by atoms with Gasteiger partial charge in [-0.1, -0.05) is 0 Å². The van der Waals surface area contributed by atoms with Crippen LogP contribution in [-0.2, 0) is 11.2 Å². The lowest BCUT2D eigenvalue weighted by atomic mass is 10.1. The van der Waals surface area contributed by atoms with E-state index in [4.69, 9.17) is 0 Å². The van der Waals surface area contributed by atoms with Gasteiger partial charge >= 0.3 is 0 Å². The van der Waals surface area contributed by atoms with E-state index in [9.17, 15) is 4.79 Å². The number of rotatable bonds is 5. The zero-order chi connectivity index (χ0) is 13.0. The molecule has 2 N–H and O–H groups in total. The lowest BCUT2D eigenvalue weighted by Crippen LogP contribution is -2.37. The molecule has 108 valence electrons. The zero-order valence-electron chi connectivity index (χ0n) is 11.6. The molecule has 2 rings (SSSR count). The Morgan fingerprint density at radius 1 is 1.58 bits per heavy atom. The van der Waals surface area contributed by atoms with Crippen molar-refractivity contribution < 1.29 is 4.79 Å². The van der Waals surface area contributed by atoms with Gasteiger partial charge in [0.25, 0.3) is 0 Å². The van der Waals surface area contributed by atoms with Crippen LogP contribution in [0.25, 0.3) is 0 Å². The van der Waals surface area contributed by atoms with E-state index in [0.29, 0.717) is 12.5 Å². The monoisotopic (exact) mass is 302 g/mol. The lowest BCUT2D eigenvalue weighted by molar-refractivity contribution is -0.122. The fourth-order valence-corrected chi connectivity index (χ4v) is 3.46. The first-order valence-electron chi connectivity index (χ1n) is 6.71. The third kappa shape index (κ3) is 5.51. The van der Waals surface area contributed by atoms with Crippen LogP contribution in [0.5, 0.6) is 0 Å². The number of nitrogens with one attached hydrogen (secondary N) is 2. The second kappa shape index (κ2) is 7.88. The minimum absolute atomic E-state index is 0. The molecule has 1 fully saturated rings. The van der Waals surface area contributed by atoms with E-state index in [-0.39, 0.29) is 24.4 Å². The van der Waals surface area contributed by atoms with Crippen molar-refractivity contribution in [3.63, 3.8) is 0 Å².